The average molecular weight is 510 g/mol. The first-order valence-electron chi connectivity index (χ1n) is 10.1. The zero-order chi connectivity index (χ0) is 24.7. The molecule has 0 bridgehead atoms. The molecule has 178 valence electrons. The van der Waals surface area contributed by atoms with Gasteiger partial charge in [-0.2, -0.15) is 13.2 Å². The van der Waals surface area contributed by atoms with Crippen LogP contribution in [-0.2, 0) is 17.8 Å². The van der Waals surface area contributed by atoms with Crippen molar-refractivity contribution in [1.29, 1.82) is 0 Å². The van der Waals surface area contributed by atoms with E-state index < -0.39 is 12.1 Å². The summed E-state index contributed by atoms with van der Waals surface area (Å²) in [5.74, 6) is -2.76. The van der Waals surface area contributed by atoms with E-state index in [9.17, 15) is 13.2 Å². The third-order valence-electron chi connectivity index (χ3n) is 4.89. The van der Waals surface area contributed by atoms with E-state index in [-0.39, 0.29) is 0 Å². The summed E-state index contributed by atoms with van der Waals surface area (Å²) in [7, 11) is 0. The van der Waals surface area contributed by atoms with Crippen LogP contribution in [0.25, 0.3) is 22.2 Å². The quantitative estimate of drug-likeness (QED) is 0.259. The Balaban J connectivity index is 0.000000406. The van der Waals surface area contributed by atoms with E-state index in [1.54, 1.807) is 6.33 Å². The summed E-state index contributed by atoms with van der Waals surface area (Å²) in [5, 5.41) is 12.0. The number of carboxylic acid groups (broad SMARTS) is 1. The third-order valence-corrected chi connectivity index (χ3v) is 5.60. The highest BCUT2D eigenvalue weighted by atomic mass is 35.5. The number of nitrogens with zero attached hydrogens (tertiary/aromatic N) is 1. The van der Waals surface area contributed by atoms with Gasteiger partial charge in [0.05, 0.1) is 17.4 Å². The van der Waals surface area contributed by atoms with E-state index in [1.807, 2.05) is 18.2 Å². The van der Waals surface area contributed by atoms with Crippen LogP contribution in [0.3, 0.4) is 0 Å². The van der Waals surface area contributed by atoms with Gasteiger partial charge in [-0.3, -0.25) is 0 Å². The van der Waals surface area contributed by atoms with Crippen LogP contribution in [0.4, 0.5) is 13.2 Å². The maximum absolute atomic E-state index is 10.6. The molecule has 0 radical (unpaired) electrons. The van der Waals surface area contributed by atoms with Gasteiger partial charge in [0.15, 0.2) is 0 Å². The fourth-order valence-electron chi connectivity index (χ4n) is 3.14. The summed E-state index contributed by atoms with van der Waals surface area (Å²) in [5.41, 5.74) is 6.63. The molecule has 0 saturated heterocycles. The molecule has 1 aromatic heterocycles. The molecule has 3 N–H and O–H groups in total. The van der Waals surface area contributed by atoms with Crippen molar-refractivity contribution in [2.75, 3.05) is 6.54 Å². The molecule has 4 rings (SSSR count). The second-order valence-corrected chi connectivity index (χ2v) is 8.08. The number of carboxylic acids is 1. The van der Waals surface area contributed by atoms with Crippen LogP contribution in [-0.4, -0.2) is 33.8 Å². The van der Waals surface area contributed by atoms with Crippen LogP contribution in [0.5, 0.6) is 0 Å². The van der Waals surface area contributed by atoms with Crippen molar-refractivity contribution < 1.29 is 23.1 Å². The minimum atomic E-state index is -5.08. The monoisotopic (exact) mass is 509 g/mol. The molecular formula is C24H20Cl2F3N3O2. The first kappa shape index (κ1) is 25.6. The number of halogens is 5. The van der Waals surface area contributed by atoms with Crippen molar-refractivity contribution in [3.05, 3.63) is 88.2 Å². The first-order chi connectivity index (χ1) is 16.1. The van der Waals surface area contributed by atoms with Crippen LogP contribution < -0.4 is 5.32 Å². The van der Waals surface area contributed by atoms with Gasteiger partial charge in [0.1, 0.15) is 0 Å². The zero-order valence-corrected chi connectivity index (χ0v) is 19.2. The van der Waals surface area contributed by atoms with Crippen molar-refractivity contribution in [3.8, 4) is 11.1 Å². The number of aliphatic carboxylic acids is 1. The number of hydrogen-bond donors (Lipinski definition) is 3. The summed E-state index contributed by atoms with van der Waals surface area (Å²) < 4.78 is 31.7. The fraction of sp³-hybridized carbons (Fsp3) is 0.167. The number of H-pyrrole nitrogens is 1. The molecule has 0 aliphatic heterocycles. The number of aromatic nitrogens is 2. The highest BCUT2D eigenvalue weighted by Crippen LogP contribution is 2.25. The number of carbonyl (C=O) groups is 1. The Morgan fingerprint density at radius 2 is 1.62 bits per heavy atom. The topological polar surface area (TPSA) is 78.0 Å². The number of fused-ring (bicyclic) bond motifs is 1. The van der Waals surface area contributed by atoms with Crippen molar-refractivity contribution in [2.45, 2.75) is 19.1 Å². The van der Waals surface area contributed by atoms with Crippen LogP contribution in [0.1, 0.15) is 11.1 Å². The number of rotatable bonds is 6. The molecule has 0 saturated carbocycles. The lowest BCUT2D eigenvalue weighted by atomic mass is 10.0. The molecule has 0 aliphatic carbocycles. The van der Waals surface area contributed by atoms with Gasteiger partial charge in [0, 0.05) is 16.6 Å². The lowest BCUT2D eigenvalue weighted by Crippen LogP contribution is -2.21. The Bertz CT molecular complexity index is 1240. The number of alkyl halides is 3. The second-order valence-electron chi connectivity index (χ2n) is 7.26. The molecule has 1 heterocycles. The van der Waals surface area contributed by atoms with E-state index in [0.29, 0.717) is 0 Å². The first-order valence-corrected chi connectivity index (χ1v) is 10.9. The van der Waals surface area contributed by atoms with Crippen molar-refractivity contribution >= 4 is 40.2 Å². The minimum Gasteiger partial charge on any atom is -0.475 e. The van der Waals surface area contributed by atoms with Crippen LogP contribution in [0.15, 0.2) is 67.0 Å². The van der Waals surface area contributed by atoms with Gasteiger partial charge < -0.3 is 15.4 Å². The van der Waals surface area contributed by atoms with E-state index >= 15 is 0 Å². The molecule has 0 amide bonds. The SMILES string of the molecule is Clc1cccc(Cl)c1CCNCc1ccc(-c2ccc3[nH]cnc3c2)cc1.O=C(O)C(F)(F)F. The van der Waals surface area contributed by atoms with Crippen LogP contribution in [0, 0.1) is 0 Å². The molecule has 0 aliphatic rings. The maximum Gasteiger partial charge on any atom is 0.490 e. The molecular weight excluding hydrogens is 490 g/mol. The number of nitrogens with one attached hydrogen (secondary N) is 2. The second kappa shape index (κ2) is 11.4. The molecule has 0 atom stereocenters. The number of hydrogen-bond acceptors (Lipinski definition) is 3. The molecule has 34 heavy (non-hydrogen) atoms. The number of benzene rings is 3. The molecule has 0 spiro atoms. The van der Waals surface area contributed by atoms with Gasteiger partial charge in [-0.05, 0) is 59.5 Å². The fourth-order valence-corrected chi connectivity index (χ4v) is 3.73. The van der Waals surface area contributed by atoms with Gasteiger partial charge in [0.25, 0.3) is 0 Å². The molecule has 10 heteroatoms. The molecule has 5 nitrogen and oxygen atoms in total. The van der Waals surface area contributed by atoms with Crippen LogP contribution in [0.2, 0.25) is 10.0 Å². The van der Waals surface area contributed by atoms with Gasteiger partial charge in [-0.1, -0.05) is 59.6 Å². The Morgan fingerprint density at radius 1 is 1.00 bits per heavy atom. The predicted molar refractivity (Wildman–Crippen MR) is 127 cm³/mol. The lowest BCUT2D eigenvalue weighted by Gasteiger charge is -2.09. The summed E-state index contributed by atoms with van der Waals surface area (Å²) in [6.07, 6.45) is -2.56. The summed E-state index contributed by atoms with van der Waals surface area (Å²) in [4.78, 5) is 16.3. The molecule has 0 fully saturated rings. The molecule has 4 aromatic rings. The van der Waals surface area contributed by atoms with E-state index in [1.165, 1.54) is 16.7 Å². The van der Waals surface area contributed by atoms with Crippen molar-refractivity contribution in [3.63, 3.8) is 0 Å². The Morgan fingerprint density at radius 3 is 2.24 bits per heavy atom. The van der Waals surface area contributed by atoms with E-state index in [0.717, 1.165) is 46.2 Å². The maximum atomic E-state index is 10.6. The average Bonchev–Trinajstić information content (AvgIpc) is 3.26. The standard InChI is InChI=1S/C22H19Cl2N3.C2HF3O2/c23-19-2-1-3-20(24)18(19)10-11-25-13-15-4-6-16(7-5-15)17-8-9-21-22(12-17)27-14-26-21;3-2(4,5)1(6)7/h1-9,12,14,25H,10-11,13H2,(H,26,27);(H,6,7). The molecule has 3 aromatic carbocycles. The normalized spacial score (nSPS) is 11.2. The minimum absolute atomic E-state index is 0.725. The smallest absolute Gasteiger partial charge is 0.475 e. The van der Waals surface area contributed by atoms with Gasteiger partial charge in [-0.25, -0.2) is 9.78 Å². The van der Waals surface area contributed by atoms with E-state index in [4.69, 9.17) is 33.1 Å². The van der Waals surface area contributed by atoms with Gasteiger partial charge in [0.2, 0.25) is 0 Å². The third kappa shape index (κ3) is 6.96. The predicted octanol–water partition coefficient (Wildman–Crippen LogP) is 6.50. The lowest BCUT2D eigenvalue weighted by molar-refractivity contribution is -0.192. The Hall–Kier alpha value is -3.07. The molecule has 0 unspecified atom stereocenters. The highest BCUT2D eigenvalue weighted by molar-refractivity contribution is 6.36. The Kier molecular flexibility index (Phi) is 8.55. The van der Waals surface area contributed by atoms with Crippen molar-refractivity contribution in [2.24, 2.45) is 0 Å². The number of aromatic amines is 1. The zero-order valence-electron chi connectivity index (χ0n) is 17.7. The van der Waals surface area contributed by atoms with Gasteiger partial charge >= 0.3 is 12.1 Å². The van der Waals surface area contributed by atoms with Crippen LogP contribution >= 0.6 is 23.2 Å². The largest absolute Gasteiger partial charge is 0.490 e. The summed E-state index contributed by atoms with van der Waals surface area (Å²) in [6.45, 7) is 1.63. The van der Waals surface area contributed by atoms with Gasteiger partial charge in [-0.15, -0.1) is 0 Å². The van der Waals surface area contributed by atoms with Crippen molar-refractivity contribution in [1.82, 2.24) is 15.3 Å². The van der Waals surface area contributed by atoms with E-state index in [2.05, 4.69) is 57.7 Å². The highest BCUT2D eigenvalue weighted by Gasteiger charge is 2.38. The Labute approximate surface area is 203 Å². The summed E-state index contributed by atoms with van der Waals surface area (Å²) >= 11 is 12.4. The summed E-state index contributed by atoms with van der Waals surface area (Å²) in [6, 6.07) is 20.5. The number of imidazole rings is 1.